The van der Waals surface area contributed by atoms with Crippen molar-refractivity contribution < 1.29 is 22.7 Å². The van der Waals surface area contributed by atoms with Crippen molar-refractivity contribution in [1.82, 2.24) is 0 Å². The van der Waals surface area contributed by atoms with Gasteiger partial charge in [-0.3, -0.25) is 4.79 Å². The maximum Gasteiger partial charge on any atom is 0.422 e. The monoisotopic (exact) mass is 387 g/mol. The third-order valence-corrected chi connectivity index (χ3v) is 4.03. The first kappa shape index (κ1) is 17.3. The van der Waals surface area contributed by atoms with Crippen molar-refractivity contribution in [2.24, 2.45) is 0 Å². The Morgan fingerprint density at radius 3 is 2.43 bits per heavy atom. The van der Waals surface area contributed by atoms with Crippen LogP contribution in [-0.2, 0) is 0 Å². The van der Waals surface area contributed by atoms with Crippen molar-refractivity contribution in [2.75, 3.05) is 11.9 Å². The van der Waals surface area contributed by atoms with Gasteiger partial charge in [0.2, 0.25) is 0 Å². The molecule has 0 atom stereocenters. The summed E-state index contributed by atoms with van der Waals surface area (Å²) in [6.07, 6.45) is -4.40. The first-order valence-electron chi connectivity index (χ1n) is 6.63. The number of hydrogen-bond donors (Lipinski definition) is 1. The Kier molecular flexibility index (Phi) is 5.30. The summed E-state index contributed by atoms with van der Waals surface area (Å²) < 4.78 is 41.9. The van der Waals surface area contributed by atoms with Gasteiger partial charge in [0, 0.05) is 15.6 Å². The molecular weight excluding hydrogens is 375 g/mol. The molecule has 0 aliphatic heterocycles. The Morgan fingerprint density at radius 1 is 1.17 bits per heavy atom. The summed E-state index contributed by atoms with van der Waals surface area (Å²) in [5.41, 5.74) is 1.41. The summed E-state index contributed by atoms with van der Waals surface area (Å²) in [5.74, 6) is -0.207. The Morgan fingerprint density at radius 2 is 1.83 bits per heavy atom. The molecule has 1 amide bonds. The van der Waals surface area contributed by atoms with Crippen LogP contribution in [0.5, 0.6) is 5.75 Å². The highest BCUT2D eigenvalue weighted by Crippen LogP contribution is 2.34. The van der Waals surface area contributed by atoms with Gasteiger partial charge in [0.15, 0.2) is 6.61 Å². The van der Waals surface area contributed by atoms with Crippen molar-refractivity contribution in [3.8, 4) is 5.75 Å². The molecule has 3 nitrogen and oxygen atoms in total. The quantitative estimate of drug-likeness (QED) is 0.805. The van der Waals surface area contributed by atoms with E-state index in [9.17, 15) is 18.0 Å². The molecule has 0 aliphatic carbocycles. The van der Waals surface area contributed by atoms with Gasteiger partial charge in [0.05, 0.1) is 5.69 Å². The summed E-state index contributed by atoms with van der Waals surface area (Å²) in [6.45, 7) is 0.240. The molecule has 0 aromatic heterocycles. The average molecular weight is 388 g/mol. The fourth-order valence-corrected chi connectivity index (χ4v) is 2.29. The molecule has 122 valence electrons. The van der Waals surface area contributed by atoms with Crippen molar-refractivity contribution in [1.29, 1.82) is 0 Å². The van der Waals surface area contributed by atoms with E-state index in [-0.39, 0.29) is 11.7 Å². The van der Waals surface area contributed by atoms with Crippen molar-refractivity contribution >= 4 is 27.5 Å². The fourth-order valence-electron chi connectivity index (χ4n) is 1.86. The van der Waals surface area contributed by atoms with Crippen molar-refractivity contribution in [3.63, 3.8) is 0 Å². The molecular formula is C16H13BrF3NO2. The minimum Gasteiger partial charge on any atom is -0.484 e. The molecule has 0 radical (unpaired) electrons. The normalized spacial score (nSPS) is 11.2. The first-order chi connectivity index (χ1) is 10.8. The Labute approximate surface area is 139 Å². The van der Waals surface area contributed by atoms with Gasteiger partial charge < -0.3 is 10.1 Å². The first-order valence-corrected chi connectivity index (χ1v) is 7.42. The third kappa shape index (κ3) is 4.72. The van der Waals surface area contributed by atoms with Crippen LogP contribution in [0, 0.1) is 6.92 Å². The number of nitrogens with one attached hydrogen (secondary N) is 1. The summed E-state index contributed by atoms with van der Waals surface area (Å²) in [5, 5.41) is 2.70. The molecule has 2 aromatic carbocycles. The zero-order valence-corrected chi connectivity index (χ0v) is 13.7. The zero-order valence-electron chi connectivity index (χ0n) is 12.1. The van der Waals surface area contributed by atoms with E-state index in [0.29, 0.717) is 21.3 Å². The molecule has 0 spiro atoms. The molecule has 0 saturated heterocycles. The van der Waals surface area contributed by atoms with Gasteiger partial charge in [0.1, 0.15) is 5.75 Å². The van der Waals surface area contributed by atoms with Crippen molar-refractivity contribution in [3.05, 3.63) is 58.1 Å². The van der Waals surface area contributed by atoms with E-state index < -0.39 is 12.8 Å². The highest BCUT2D eigenvalue weighted by molar-refractivity contribution is 9.10. The lowest BCUT2D eigenvalue weighted by Crippen LogP contribution is -2.19. The summed E-state index contributed by atoms with van der Waals surface area (Å²) in [7, 11) is 0. The molecule has 2 rings (SSSR count). The van der Waals surface area contributed by atoms with Crippen LogP contribution in [0.15, 0.2) is 46.9 Å². The number of alkyl halides is 3. The predicted octanol–water partition coefficient (Wildman–Crippen LogP) is 4.95. The van der Waals surface area contributed by atoms with Crippen LogP contribution >= 0.6 is 15.9 Å². The van der Waals surface area contributed by atoms with Gasteiger partial charge in [-0.25, -0.2) is 0 Å². The highest BCUT2D eigenvalue weighted by atomic mass is 79.9. The molecule has 1 N–H and O–H groups in total. The van der Waals surface area contributed by atoms with E-state index in [0.717, 1.165) is 0 Å². The summed E-state index contributed by atoms with van der Waals surface area (Å²) in [6, 6.07) is 11.5. The molecule has 0 heterocycles. The highest BCUT2D eigenvalue weighted by Gasteiger charge is 2.29. The molecule has 0 fully saturated rings. The summed E-state index contributed by atoms with van der Waals surface area (Å²) >= 11 is 3.28. The Hall–Kier alpha value is -2.02. The predicted molar refractivity (Wildman–Crippen MR) is 84.8 cm³/mol. The minimum absolute atomic E-state index is 0.104. The second-order valence-corrected chi connectivity index (χ2v) is 5.57. The van der Waals surface area contributed by atoms with Crippen LogP contribution in [0.2, 0.25) is 0 Å². The lowest BCUT2D eigenvalue weighted by atomic mass is 10.1. The number of rotatable bonds is 4. The van der Waals surface area contributed by atoms with Crippen LogP contribution in [0.3, 0.4) is 0 Å². The smallest absolute Gasteiger partial charge is 0.422 e. The number of ether oxygens (including phenoxy) is 1. The number of anilines is 1. The van der Waals surface area contributed by atoms with E-state index >= 15 is 0 Å². The zero-order chi connectivity index (χ0) is 17.0. The van der Waals surface area contributed by atoms with Gasteiger partial charge in [-0.15, -0.1) is 0 Å². The largest absolute Gasteiger partial charge is 0.484 e. The average Bonchev–Trinajstić information content (AvgIpc) is 2.51. The number of carbonyl (C=O) groups is 1. The van der Waals surface area contributed by atoms with Gasteiger partial charge in [-0.2, -0.15) is 13.2 Å². The minimum atomic E-state index is -4.40. The topological polar surface area (TPSA) is 38.3 Å². The van der Waals surface area contributed by atoms with Gasteiger partial charge >= 0.3 is 6.18 Å². The fraction of sp³-hybridized carbons (Fsp3) is 0.188. The van der Waals surface area contributed by atoms with E-state index in [1.54, 1.807) is 37.3 Å². The molecule has 7 heteroatoms. The van der Waals surface area contributed by atoms with E-state index in [4.69, 9.17) is 4.74 Å². The molecule has 0 aliphatic rings. The lowest BCUT2D eigenvalue weighted by molar-refractivity contribution is -0.153. The van der Waals surface area contributed by atoms with E-state index in [2.05, 4.69) is 21.2 Å². The SMILES string of the molecule is Cc1c(OCC(F)(F)F)ccc(NC(=O)c2ccccc2)c1Br. The summed E-state index contributed by atoms with van der Waals surface area (Å²) in [4.78, 5) is 12.1. The van der Waals surface area contributed by atoms with Gasteiger partial charge in [0.25, 0.3) is 5.91 Å². The lowest BCUT2D eigenvalue weighted by Gasteiger charge is -2.15. The molecule has 0 unspecified atom stereocenters. The second kappa shape index (κ2) is 7.04. The Bertz CT molecular complexity index is 702. The van der Waals surface area contributed by atoms with Crippen LogP contribution < -0.4 is 10.1 Å². The second-order valence-electron chi connectivity index (χ2n) is 4.77. The molecule has 2 aromatic rings. The van der Waals surface area contributed by atoms with E-state index in [1.807, 2.05) is 0 Å². The third-order valence-electron chi connectivity index (χ3n) is 3.01. The van der Waals surface area contributed by atoms with Crippen LogP contribution in [0.1, 0.15) is 15.9 Å². The Balaban J connectivity index is 2.15. The number of halogens is 4. The standard InChI is InChI=1S/C16H13BrF3NO2/c1-10-13(23-9-16(18,19)20)8-7-12(14(10)17)21-15(22)11-5-3-2-4-6-11/h2-8H,9H2,1H3,(H,21,22). The molecule has 0 bridgehead atoms. The van der Waals surface area contributed by atoms with Gasteiger partial charge in [-0.05, 0) is 47.1 Å². The van der Waals surface area contributed by atoms with Crippen LogP contribution in [0.25, 0.3) is 0 Å². The van der Waals surface area contributed by atoms with Crippen LogP contribution in [-0.4, -0.2) is 18.7 Å². The van der Waals surface area contributed by atoms with Crippen molar-refractivity contribution in [2.45, 2.75) is 13.1 Å². The van der Waals surface area contributed by atoms with E-state index in [1.165, 1.54) is 12.1 Å². The number of amides is 1. The van der Waals surface area contributed by atoms with Gasteiger partial charge in [-0.1, -0.05) is 18.2 Å². The number of benzene rings is 2. The number of carbonyl (C=O) groups excluding carboxylic acids is 1. The van der Waals surface area contributed by atoms with Crippen LogP contribution in [0.4, 0.5) is 18.9 Å². The maximum absolute atomic E-state index is 12.2. The molecule has 0 saturated carbocycles. The maximum atomic E-state index is 12.2. The number of hydrogen-bond acceptors (Lipinski definition) is 2. The molecule has 23 heavy (non-hydrogen) atoms.